The first-order chi connectivity index (χ1) is 13.5. The summed E-state index contributed by atoms with van der Waals surface area (Å²) in [5, 5.41) is 0. The molecule has 2 saturated heterocycles. The Morgan fingerprint density at radius 1 is 1.14 bits per heavy atom. The van der Waals surface area contributed by atoms with Gasteiger partial charge < -0.3 is 15.5 Å². The second-order valence-corrected chi connectivity index (χ2v) is 7.87. The van der Waals surface area contributed by atoms with Gasteiger partial charge in [0.2, 0.25) is 5.91 Å². The number of nitrogen functional groups attached to an aromatic ring is 1. The number of carbonyl (C=O) groups is 2. The number of aromatic nitrogens is 2. The first-order valence-corrected chi connectivity index (χ1v) is 9.73. The zero-order valence-corrected chi connectivity index (χ0v) is 15.9. The molecular formula is C21H25N5O2. The summed E-state index contributed by atoms with van der Waals surface area (Å²) in [4.78, 5) is 37.6. The minimum atomic E-state index is -0.0465. The Kier molecular flexibility index (Phi) is 4.98. The van der Waals surface area contributed by atoms with Gasteiger partial charge in [0, 0.05) is 49.4 Å². The Morgan fingerprint density at radius 2 is 2.04 bits per heavy atom. The summed E-state index contributed by atoms with van der Waals surface area (Å²) in [6, 6.07) is 9.09. The average Bonchev–Trinajstić information content (AvgIpc) is 2.71. The zero-order chi connectivity index (χ0) is 19.6. The first-order valence-electron chi connectivity index (χ1n) is 9.73. The van der Waals surface area contributed by atoms with Crippen LogP contribution in [0.2, 0.25) is 0 Å². The van der Waals surface area contributed by atoms with Crippen LogP contribution in [0.4, 0.5) is 5.82 Å². The van der Waals surface area contributed by atoms with E-state index in [1.807, 2.05) is 28.0 Å². The van der Waals surface area contributed by atoms with E-state index < -0.39 is 0 Å². The molecule has 0 aromatic carbocycles. The SMILES string of the molecule is Nc1cc(C(=O)N2CCC[C@@]3(CCC(=O)N(Cc4ccccn4)C3)C2)ccn1. The number of rotatable bonds is 3. The standard InChI is InChI=1S/C21H25N5O2/c22-18-12-16(6-10-24-18)20(28)25-11-3-7-21(14-25)8-5-19(27)26(15-21)13-17-4-1-2-9-23-17/h1-2,4,6,9-10,12H,3,5,7-8,11,13-15H2,(H2,22,24)/t21-/m1/s1. The molecule has 2 fully saturated rings. The van der Waals surface area contributed by atoms with Crippen molar-refractivity contribution in [1.82, 2.24) is 19.8 Å². The monoisotopic (exact) mass is 379 g/mol. The summed E-state index contributed by atoms with van der Waals surface area (Å²) in [7, 11) is 0. The van der Waals surface area contributed by atoms with Crippen LogP contribution in [0.5, 0.6) is 0 Å². The average molecular weight is 379 g/mol. The first kappa shape index (κ1) is 18.4. The van der Waals surface area contributed by atoms with Crippen molar-refractivity contribution in [1.29, 1.82) is 0 Å². The van der Waals surface area contributed by atoms with Crippen LogP contribution in [-0.2, 0) is 11.3 Å². The quantitative estimate of drug-likeness (QED) is 0.882. The van der Waals surface area contributed by atoms with E-state index in [1.165, 1.54) is 0 Å². The predicted octanol–water partition coefficient (Wildman–Crippen LogP) is 2.10. The number of amides is 2. The Balaban J connectivity index is 1.49. The zero-order valence-electron chi connectivity index (χ0n) is 15.9. The molecule has 2 N–H and O–H groups in total. The molecule has 2 aromatic rings. The summed E-state index contributed by atoms with van der Waals surface area (Å²) in [5.41, 5.74) is 7.15. The van der Waals surface area contributed by atoms with Gasteiger partial charge in [-0.25, -0.2) is 4.98 Å². The maximum Gasteiger partial charge on any atom is 0.254 e. The molecule has 1 atom stereocenters. The molecule has 2 amide bonds. The van der Waals surface area contributed by atoms with Crippen LogP contribution in [0.3, 0.4) is 0 Å². The molecule has 1 spiro atoms. The maximum atomic E-state index is 13.0. The molecule has 7 nitrogen and oxygen atoms in total. The summed E-state index contributed by atoms with van der Waals surface area (Å²) >= 11 is 0. The highest BCUT2D eigenvalue weighted by Crippen LogP contribution is 2.39. The second kappa shape index (κ2) is 7.58. The predicted molar refractivity (Wildman–Crippen MR) is 105 cm³/mol. The van der Waals surface area contributed by atoms with Crippen molar-refractivity contribution in [3.05, 3.63) is 54.0 Å². The molecule has 0 aliphatic carbocycles. The normalized spacial score (nSPS) is 22.5. The molecule has 2 aliphatic rings. The molecule has 0 bridgehead atoms. The third kappa shape index (κ3) is 3.83. The summed E-state index contributed by atoms with van der Waals surface area (Å²) < 4.78 is 0. The van der Waals surface area contributed by atoms with Crippen LogP contribution in [0.15, 0.2) is 42.7 Å². The molecule has 0 radical (unpaired) electrons. The van der Waals surface area contributed by atoms with Crippen LogP contribution >= 0.6 is 0 Å². The van der Waals surface area contributed by atoms with Crippen molar-refractivity contribution in [2.75, 3.05) is 25.4 Å². The Morgan fingerprint density at radius 3 is 2.82 bits per heavy atom. The van der Waals surface area contributed by atoms with E-state index in [0.717, 1.165) is 31.5 Å². The van der Waals surface area contributed by atoms with Crippen LogP contribution in [0, 0.1) is 5.41 Å². The van der Waals surface area contributed by atoms with Crippen molar-refractivity contribution in [3.8, 4) is 0 Å². The van der Waals surface area contributed by atoms with E-state index in [9.17, 15) is 9.59 Å². The minimum Gasteiger partial charge on any atom is -0.384 e. The van der Waals surface area contributed by atoms with E-state index in [4.69, 9.17) is 5.73 Å². The van der Waals surface area contributed by atoms with Crippen molar-refractivity contribution in [2.45, 2.75) is 32.2 Å². The van der Waals surface area contributed by atoms with Crippen molar-refractivity contribution < 1.29 is 9.59 Å². The van der Waals surface area contributed by atoms with E-state index in [-0.39, 0.29) is 17.2 Å². The van der Waals surface area contributed by atoms with E-state index in [1.54, 1.807) is 24.5 Å². The third-order valence-electron chi connectivity index (χ3n) is 5.80. The molecule has 7 heteroatoms. The number of nitrogens with zero attached hydrogens (tertiary/aromatic N) is 4. The topological polar surface area (TPSA) is 92.4 Å². The van der Waals surface area contributed by atoms with Gasteiger partial charge in [-0.2, -0.15) is 0 Å². The number of carbonyl (C=O) groups excluding carboxylic acids is 2. The molecule has 2 aromatic heterocycles. The Labute approximate surface area is 164 Å². The van der Waals surface area contributed by atoms with Gasteiger partial charge in [0.05, 0.1) is 12.2 Å². The lowest BCUT2D eigenvalue weighted by molar-refractivity contribution is -0.139. The molecule has 0 unspecified atom stereocenters. The fourth-order valence-electron chi connectivity index (χ4n) is 4.41. The lowest BCUT2D eigenvalue weighted by atomic mass is 9.73. The van der Waals surface area contributed by atoms with E-state index >= 15 is 0 Å². The highest BCUT2D eigenvalue weighted by molar-refractivity contribution is 5.94. The molecule has 2 aliphatic heterocycles. The third-order valence-corrected chi connectivity index (χ3v) is 5.80. The fourth-order valence-corrected chi connectivity index (χ4v) is 4.41. The maximum absolute atomic E-state index is 13.0. The van der Waals surface area contributed by atoms with Gasteiger partial charge in [-0.05, 0) is 43.5 Å². The molecule has 28 heavy (non-hydrogen) atoms. The van der Waals surface area contributed by atoms with Gasteiger partial charge >= 0.3 is 0 Å². The number of hydrogen-bond donors (Lipinski definition) is 1. The number of likely N-dealkylation sites (tertiary alicyclic amines) is 2. The lowest BCUT2D eigenvalue weighted by Crippen LogP contribution is -2.54. The number of pyridine rings is 2. The van der Waals surface area contributed by atoms with Crippen LogP contribution in [0.25, 0.3) is 0 Å². The summed E-state index contributed by atoms with van der Waals surface area (Å²) in [5.74, 6) is 0.505. The smallest absolute Gasteiger partial charge is 0.254 e. The van der Waals surface area contributed by atoms with E-state index in [2.05, 4.69) is 9.97 Å². The Hall–Kier alpha value is -2.96. The largest absolute Gasteiger partial charge is 0.384 e. The number of nitrogens with two attached hydrogens (primary N) is 1. The van der Waals surface area contributed by atoms with Gasteiger partial charge in [-0.3, -0.25) is 14.6 Å². The van der Waals surface area contributed by atoms with Gasteiger partial charge in [0.25, 0.3) is 5.91 Å². The lowest BCUT2D eigenvalue weighted by Gasteiger charge is -2.48. The molecule has 4 rings (SSSR count). The van der Waals surface area contributed by atoms with Crippen molar-refractivity contribution in [3.63, 3.8) is 0 Å². The van der Waals surface area contributed by atoms with Crippen LogP contribution < -0.4 is 5.73 Å². The number of piperidine rings is 2. The fraction of sp³-hybridized carbons (Fsp3) is 0.429. The van der Waals surface area contributed by atoms with E-state index in [0.29, 0.717) is 37.4 Å². The number of anilines is 1. The van der Waals surface area contributed by atoms with Gasteiger partial charge in [-0.1, -0.05) is 6.07 Å². The highest BCUT2D eigenvalue weighted by Gasteiger charge is 2.42. The van der Waals surface area contributed by atoms with Crippen molar-refractivity contribution >= 4 is 17.6 Å². The van der Waals surface area contributed by atoms with Crippen LogP contribution in [-0.4, -0.2) is 51.2 Å². The summed E-state index contributed by atoms with van der Waals surface area (Å²) in [6.07, 6.45) is 6.64. The highest BCUT2D eigenvalue weighted by atomic mass is 16.2. The van der Waals surface area contributed by atoms with Gasteiger partial charge in [0.1, 0.15) is 5.82 Å². The molecular weight excluding hydrogens is 354 g/mol. The van der Waals surface area contributed by atoms with Gasteiger partial charge in [0.15, 0.2) is 0 Å². The van der Waals surface area contributed by atoms with Crippen molar-refractivity contribution in [2.24, 2.45) is 5.41 Å². The van der Waals surface area contributed by atoms with Crippen LogP contribution in [0.1, 0.15) is 41.7 Å². The second-order valence-electron chi connectivity index (χ2n) is 7.87. The van der Waals surface area contributed by atoms with Gasteiger partial charge in [-0.15, -0.1) is 0 Å². The number of hydrogen-bond acceptors (Lipinski definition) is 5. The molecule has 146 valence electrons. The molecule has 4 heterocycles. The summed E-state index contributed by atoms with van der Waals surface area (Å²) in [6.45, 7) is 2.60. The minimum absolute atomic E-state index is 0.0126. The Bertz CT molecular complexity index is 872. The molecule has 0 saturated carbocycles.